The molecule has 0 saturated carbocycles. The third kappa shape index (κ3) is 8.80. The molecule has 0 saturated heterocycles. The van der Waals surface area contributed by atoms with Gasteiger partial charge in [0.25, 0.3) is 0 Å². The highest BCUT2D eigenvalue weighted by Crippen LogP contribution is 2.47. The number of hydrogen-bond donors (Lipinski definition) is 0. The molecule has 2 nitrogen and oxygen atoms in total. The second kappa shape index (κ2) is 17.3. The van der Waals surface area contributed by atoms with Crippen LogP contribution in [0.15, 0.2) is 78.9 Å². The monoisotopic (exact) mass is 674 g/mol. The molecule has 4 aromatic carbocycles. The Morgan fingerprint density at radius 3 is 2.06 bits per heavy atom. The Balaban J connectivity index is 1.12. The molecule has 3 atom stereocenters. The molecule has 0 spiro atoms. The van der Waals surface area contributed by atoms with Crippen molar-refractivity contribution in [2.75, 3.05) is 13.2 Å². The van der Waals surface area contributed by atoms with Gasteiger partial charge >= 0.3 is 0 Å². The molecule has 1 aliphatic heterocycles. The molecule has 0 N–H and O–H groups in total. The van der Waals surface area contributed by atoms with E-state index in [9.17, 15) is 0 Å². The molecule has 7 rings (SSSR count). The predicted molar refractivity (Wildman–Crippen MR) is 211 cm³/mol. The topological polar surface area (TPSA) is 18.5 Å². The minimum Gasteiger partial charge on any atom is -0.493 e. The molecule has 0 radical (unpaired) electrons. The van der Waals surface area contributed by atoms with Gasteiger partial charge in [0.05, 0.1) is 19.3 Å². The van der Waals surface area contributed by atoms with E-state index in [1.165, 1.54) is 77.5 Å². The minimum atomic E-state index is 0.152. The van der Waals surface area contributed by atoms with E-state index in [-0.39, 0.29) is 12.0 Å². The van der Waals surface area contributed by atoms with Crippen LogP contribution in [0.2, 0.25) is 0 Å². The number of benzene rings is 4. The van der Waals surface area contributed by atoms with Crippen LogP contribution in [-0.4, -0.2) is 19.3 Å². The molecule has 2 heteroatoms. The second-order valence-corrected chi connectivity index (χ2v) is 14.9. The third-order valence-corrected chi connectivity index (χ3v) is 11.2. The lowest BCUT2D eigenvalue weighted by atomic mass is 9.71. The largest absolute Gasteiger partial charge is 0.493 e. The van der Waals surface area contributed by atoms with E-state index < -0.39 is 0 Å². The summed E-state index contributed by atoms with van der Waals surface area (Å²) < 4.78 is 13.2. The average Bonchev–Trinajstić information content (AvgIpc) is 3.26. The fourth-order valence-electron chi connectivity index (χ4n) is 8.31. The van der Waals surface area contributed by atoms with Crippen molar-refractivity contribution in [2.45, 2.75) is 116 Å². The first kappa shape index (κ1) is 35.2. The number of fused-ring (bicyclic) bond motifs is 7. The molecule has 262 valence electrons. The van der Waals surface area contributed by atoms with Crippen molar-refractivity contribution < 1.29 is 9.47 Å². The highest BCUT2D eigenvalue weighted by molar-refractivity contribution is 5.56. The van der Waals surface area contributed by atoms with E-state index in [0.29, 0.717) is 12.5 Å². The lowest BCUT2D eigenvalue weighted by molar-refractivity contribution is 0.0301. The number of unbranched alkanes of at least 4 members (excludes halogenated alkanes) is 4. The molecule has 4 aromatic rings. The molecule has 0 aromatic heterocycles. The lowest BCUT2D eigenvalue weighted by Crippen LogP contribution is -2.31. The summed E-state index contributed by atoms with van der Waals surface area (Å²) in [5, 5.41) is 0. The van der Waals surface area contributed by atoms with Crippen LogP contribution in [0, 0.1) is 29.6 Å². The highest BCUT2D eigenvalue weighted by atomic mass is 16.5. The van der Waals surface area contributed by atoms with Gasteiger partial charge in [-0.15, -0.1) is 0 Å². The van der Waals surface area contributed by atoms with Crippen molar-refractivity contribution in [3.8, 4) is 29.4 Å². The second-order valence-electron chi connectivity index (χ2n) is 14.9. The van der Waals surface area contributed by atoms with E-state index in [2.05, 4.69) is 116 Å². The van der Waals surface area contributed by atoms with Crippen LogP contribution in [0.5, 0.6) is 5.75 Å². The van der Waals surface area contributed by atoms with Gasteiger partial charge in [-0.1, -0.05) is 99.6 Å². The van der Waals surface area contributed by atoms with E-state index in [0.717, 1.165) is 80.4 Å². The summed E-state index contributed by atoms with van der Waals surface area (Å²) in [7, 11) is 0. The summed E-state index contributed by atoms with van der Waals surface area (Å²) in [6.45, 7) is 5.95. The molecular weight excluding hydrogens is 621 g/mol. The number of ether oxygens (including phenoxy) is 2. The minimum absolute atomic E-state index is 0.152. The Morgan fingerprint density at radius 1 is 0.647 bits per heavy atom. The van der Waals surface area contributed by atoms with Gasteiger partial charge in [-0.25, -0.2) is 0 Å². The molecule has 0 fully saturated rings. The van der Waals surface area contributed by atoms with Gasteiger partial charge < -0.3 is 9.47 Å². The summed E-state index contributed by atoms with van der Waals surface area (Å²) in [6.07, 6.45) is 16.1. The van der Waals surface area contributed by atoms with Crippen LogP contribution in [0.3, 0.4) is 0 Å². The van der Waals surface area contributed by atoms with Gasteiger partial charge in [0.2, 0.25) is 0 Å². The summed E-state index contributed by atoms with van der Waals surface area (Å²) in [6, 6.07) is 29.2. The van der Waals surface area contributed by atoms with Crippen LogP contribution in [0.25, 0.3) is 0 Å². The van der Waals surface area contributed by atoms with Crippen molar-refractivity contribution in [1.82, 2.24) is 0 Å². The average molecular weight is 675 g/mol. The zero-order chi connectivity index (χ0) is 34.8. The molecule has 2 aliphatic carbocycles. The van der Waals surface area contributed by atoms with Gasteiger partial charge in [-0.05, 0) is 134 Å². The molecule has 51 heavy (non-hydrogen) atoms. The smallest absolute Gasteiger partial charge is 0.123 e. The first-order chi connectivity index (χ1) is 25.2. The number of hydrogen-bond acceptors (Lipinski definition) is 2. The van der Waals surface area contributed by atoms with Crippen molar-refractivity contribution in [3.05, 3.63) is 134 Å². The Labute approximate surface area is 307 Å². The van der Waals surface area contributed by atoms with E-state index in [1.54, 1.807) is 0 Å². The third-order valence-electron chi connectivity index (χ3n) is 11.2. The van der Waals surface area contributed by atoms with Gasteiger partial charge in [-0.3, -0.25) is 0 Å². The zero-order valence-electron chi connectivity index (χ0n) is 30.9. The summed E-state index contributed by atoms with van der Waals surface area (Å²) >= 11 is 0. The Kier molecular flexibility index (Phi) is 11.9. The fourth-order valence-corrected chi connectivity index (χ4v) is 8.31. The Bertz CT molecular complexity index is 1890. The SMILES string of the molecule is CCCCCc1ccc(C#Cc2ccc3c(c2)CC[C@H]2OCCCOc4ccc5c(c4[C@@H]32)CC[C@H](C#Cc2ccc(CCCCC)cc2)C5)cc1. The molecular formula is C49H54O2. The van der Waals surface area contributed by atoms with Crippen LogP contribution >= 0.6 is 0 Å². The summed E-state index contributed by atoms with van der Waals surface area (Å²) in [4.78, 5) is 0. The van der Waals surface area contributed by atoms with Crippen molar-refractivity contribution >= 4 is 0 Å². The first-order valence-electron chi connectivity index (χ1n) is 19.9. The number of rotatable bonds is 8. The maximum absolute atomic E-state index is 6.66. The maximum atomic E-state index is 6.66. The summed E-state index contributed by atoms with van der Waals surface area (Å²) in [5.41, 5.74) is 13.2. The zero-order valence-corrected chi connectivity index (χ0v) is 30.9. The van der Waals surface area contributed by atoms with Gasteiger partial charge in [0, 0.05) is 40.5 Å². The molecule has 0 amide bonds. The standard InChI is InChI=1S/C49H54O2/c1-3-5-7-10-36-12-16-38(17-13-36)20-22-40-24-28-44-42(34-40)26-30-46-48(44)49-45-29-25-41(35-43(45)27-31-47(49)51-33-9-32-50-46)23-21-39-18-14-37(15-19-39)11-8-6-4-2/h12-19,24,27-28,31,34,41,46,48H,3-11,25-26,29-30,32-33,35H2,1-2H3/t41-,46+,48-/m0/s1. The quantitative estimate of drug-likeness (QED) is 0.137. The predicted octanol–water partition coefficient (Wildman–Crippen LogP) is 11.0. The molecule has 0 unspecified atom stereocenters. The fraction of sp³-hybridized carbons (Fsp3) is 0.429. The highest BCUT2D eigenvalue weighted by Gasteiger charge is 2.37. The van der Waals surface area contributed by atoms with Gasteiger partial charge in [0.1, 0.15) is 5.75 Å². The molecule has 0 bridgehead atoms. The summed E-state index contributed by atoms with van der Waals surface area (Å²) in [5.74, 6) is 15.7. The maximum Gasteiger partial charge on any atom is 0.123 e. The Morgan fingerprint density at radius 2 is 1.33 bits per heavy atom. The van der Waals surface area contributed by atoms with Gasteiger partial charge in [0.15, 0.2) is 0 Å². The van der Waals surface area contributed by atoms with Crippen molar-refractivity contribution in [3.63, 3.8) is 0 Å². The lowest BCUT2D eigenvalue weighted by Gasteiger charge is -2.37. The van der Waals surface area contributed by atoms with Crippen LogP contribution < -0.4 is 4.74 Å². The van der Waals surface area contributed by atoms with E-state index in [1.807, 2.05) is 0 Å². The van der Waals surface area contributed by atoms with Crippen molar-refractivity contribution in [1.29, 1.82) is 0 Å². The number of aryl methyl sites for hydroxylation is 3. The normalized spacial score (nSPS) is 19.1. The van der Waals surface area contributed by atoms with Crippen LogP contribution in [0.4, 0.5) is 0 Å². The van der Waals surface area contributed by atoms with Crippen molar-refractivity contribution in [2.24, 2.45) is 5.92 Å². The van der Waals surface area contributed by atoms with E-state index >= 15 is 0 Å². The Hall–Kier alpha value is -4.24. The first-order valence-corrected chi connectivity index (χ1v) is 19.9. The van der Waals surface area contributed by atoms with E-state index in [4.69, 9.17) is 9.47 Å². The van der Waals surface area contributed by atoms with Crippen LogP contribution in [0.1, 0.15) is 133 Å². The van der Waals surface area contributed by atoms with Gasteiger partial charge in [-0.2, -0.15) is 0 Å². The molecule has 1 heterocycles. The van der Waals surface area contributed by atoms with Crippen LogP contribution in [-0.2, 0) is 36.8 Å². The molecule has 3 aliphatic rings.